The first-order chi connectivity index (χ1) is 7.68. The van der Waals surface area contributed by atoms with Crippen LogP contribution in [0.25, 0.3) is 11.1 Å². The number of aryl methyl sites for hydroxylation is 2. The van der Waals surface area contributed by atoms with Crippen molar-refractivity contribution in [3.8, 4) is 11.1 Å². The number of hydrogen-bond donors (Lipinski definition) is 0. The van der Waals surface area contributed by atoms with Gasteiger partial charge in [0.2, 0.25) is 0 Å². The fraction of sp³-hybridized carbons (Fsp3) is 0.267. The highest BCUT2D eigenvalue weighted by molar-refractivity contribution is 5.78. The molecule has 16 heavy (non-hydrogen) atoms. The minimum Gasteiger partial charge on any atom is -0.261 e. The van der Waals surface area contributed by atoms with E-state index in [1.807, 2.05) is 6.20 Å². The monoisotopic (exact) mass is 209 g/mol. The first kappa shape index (κ1) is 9.59. The average Bonchev–Trinajstić information content (AvgIpc) is 2.65. The van der Waals surface area contributed by atoms with E-state index in [2.05, 4.69) is 44.0 Å². The van der Waals surface area contributed by atoms with Crippen molar-refractivity contribution in [3.05, 3.63) is 52.3 Å². The van der Waals surface area contributed by atoms with Crippen LogP contribution in [-0.2, 0) is 6.42 Å². The van der Waals surface area contributed by atoms with Gasteiger partial charge in [0.25, 0.3) is 0 Å². The van der Waals surface area contributed by atoms with E-state index in [1.165, 1.54) is 39.1 Å². The van der Waals surface area contributed by atoms with Gasteiger partial charge in [0, 0.05) is 18.3 Å². The van der Waals surface area contributed by atoms with E-state index in [-0.39, 0.29) is 0 Å². The number of nitrogens with zero attached hydrogens (tertiary/aromatic N) is 1. The molecule has 1 aromatic heterocycles. The Morgan fingerprint density at radius 2 is 1.69 bits per heavy atom. The highest BCUT2D eigenvalue weighted by Gasteiger charge is 2.22. The molecule has 3 rings (SSSR count). The smallest absolute Gasteiger partial charge is 0.0414 e. The molecule has 0 saturated heterocycles. The van der Waals surface area contributed by atoms with Gasteiger partial charge in [-0.25, -0.2) is 0 Å². The Kier molecular flexibility index (Phi) is 1.90. The Bertz CT molecular complexity index is 582. The largest absolute Gasteiger partial charge is 0.261 e. The minimum atomic E-state index is 1.05. The van der Waals surface area contributed by atoms with E-state index in [0.29, 0.717) is 0 Å². The van der Waals surface area contributed by atoms with Crippen LogP contribution in [0.1, 0.15) is 27.9 Å². The van der Waals surface area contributed by atoms with Crippen LogP contribution in [0.3, 0.4) is 0 Å². The molecular formula is C15H15N. The molecule has 0 saturated carbocycles. The standard InChI is InChI=1S/C15H15N/c1-9-4-5-12-13-6-7-16-11(3)15(13)8-14(12)10(9)2/h4-7H,8H2,1-3H3. The Morgan fingerprint density at radius 3 is 2.50 bits per heavy atom. The molecule has 0 radical (unpaired) electrons. The second kappa shape index (κ2) is 3.18. The van der Waals surface area contributed by atoms with Crippen molar-refractivity contribution in [1.82, 2.24) is 4.98 Å². The predicted molar refractivity (Wildman–Crippen MR) is 66.7 cm³/mol. The molecule has 0 spiro atoms. The van der Waals surface area contributed by atoms with Crippen LogP contribution in [0.2, 0.25) is 0 Å². The Hall–Kier alpha value is -1.63. The zero-order valence-corrected chi connectivity index (χ0v) is 9.96. The molecule has 1 aliphatic rings. The lowest BCUT2D eigenvalue weighted by Crippen LogP contribution is -1.91. The second-order valence-electron chi connectivity index (χ2n) is 4.63. The number of pyridine rings is 1. The molecule has 0 atom stereocenters. The summed E-state index contributed by atoms with van der Waals surface area (Å²) in [6.07, 6.45) is 2.97. The highest BCUT2D eigenvalue weighted by Crippen LogP contribution is 2.39. The maximum Gasteiger partial charge on any atom is 0.0414 e. The number of hydrogen-bond acceptors (Lipinski definition) is 1. The molecule has 80 valence electrons. The summed E-state index contributed by atoms with van der Waals surface area (Å²) < 4.78 is 0. The van der Waals surface area contributed by atoms with Gasteiger partial charge in [-0.2, -0.15) is 0 Å². The predicted octanol–water partition coefficient (Wildman–Crippen LogP) is 3.58. The Labute approximate surface area is 96.2 Å². The SMILES string of the molecule is Cc1ccc2c(c1C)Cc1c-2ccnc1C. The van der Waals surface area contributed by atoms with Crippen molar-refractivity contribution < 1.29 is 0 Å². The van der Waals surface area contributed by atoms with Crippen LogP contribution in [0, 0.1) is 20.8 Å². The topological polar surface area (TPSA) is 12.9 Å². The number of benzene rings is 1. The zero-order chi connectivity index (χ0) is 11.3. The molecule has 0 aliphatic heterocycles. The van der Waals surface area contributed by atoms with E-state index >= 15 is 0 Å². The molecule has 1 heterocycles. The van der Waals surface area contributed by atoms with Crippen LogP contribution < -0.4 is 0 Å². The number of aromatic nitrogens is 1. The van der Waals surface area contributed by atoms with Crippen molar-refractivity contribution in [2.45, 2.75) is 27.2 Å². The third-order valence-electron chi connectivity index (χ3n) is 3.78. The van der Waals surface area contributed by atoms with Crippen LogP contribution >= 0.6 is 0 Å². The van der Waals surface area contributed by atoms with Crippen molar-refractivity contribution in [2.75, 3.05) is 0 Å². The van der Waals surface area contributed by atoms with Crippen LogP contribution in [-0.4, -0.2) is 4.98 Å². The van der Waals surface area contributed by atoms with Crippen molar-refractivity contribution in [3.63, 3.8) is 0 Å². The van der Waals surface area contributed by atoms with Gasteiger partial charge in [0.1, 0.15) is 0 Å². The average molecular weight is 209 g/mol. The lowest BCUT2D eigenvalue weighted by molar-refractivity contribution is 1.10. The van der Waals surface area contributed by atoms with Gasteiger partial charge < -0.3 is 0 Å². The number of rotatable bonds is 0. The molecule has 2 aromatic rings. The fourth-order valence-electron chi connectivity index (χ4n) is 2.60. The molecule has 0 bridgehead atoms. The van der Waals surface area contributed by atoms with Gasteiger partial charge >= 0.3 is 0 Å². The molecule has 1 aromatic carbocycles. The number of fused-ring (bicyclic) bond motifs is 3. The third kappa shape index (κ3) is 1.15. The van der Waals surface area contributed by atoms with Gasteiger partial charge in [-0.15, -0.1) is 0 Å². The molecule has 1 nitrogen and oxygen atoms in total. The second-order valence-corrected chi connectivity index (χ2v) is 4.63. The third-order valence-corrected chi connectivity index (χ3v) is 3.78. The normalized spacial score (nSPS) is 12.4. The first-order valence-corrected chi connectivity index (χ1v) is 5.72. The fourth-order valence-corrected chi connectivity index (χ4v) is 2.60. The van der Waals surface area contributed by atoms with E-state index in [1.54, 1.807) is 0 Å². The van der Waals surface area contributed by atoms with E-state index < -0.39 is 0 Å². The quantitative estimate of drug-likeness (QED) is 0.551. The molecule has 0 amide bonds. The summed E-state index contributed by atoms with van der Waals surface area (Å²) >= 11 is 0. The summed E-state index contributed by atoms with van der Waals surface area (Å²) in [4.78, 5) is 4.39. The van der Waals surface area contributed by atoms with E-state index in [4.69, 9.17) is 0 Å². The van der Waals surface area contributed by atoms with E-state index in [9.17, 15) is 0 Å². The maximum absolute atomic E-state index is 4.39. The minimum absolute atomic E-state index is 1.05. The van der Waals surface area contributed by atoms with Crippen LogP contribution in [0.5, 0.6) is 0 Å². The molecule has 1 aliphatic carbocycles. The van der Waals surface area contributed by atoms with Gasteiger partial charge in [0.15, 0.2) is 0 Å². The summed E-state index contributed by atoms with van der Waals surface area (Å²) in [7, 11) is 0. The van der Waals surface area contributed by atoms with Gasteiger partial charge in [-0.3, -0.25) is 4.98 Å². The molecule has 0 unspecified atom stereocenters. The summed E-state index contributed by atoms with van der Waals surface area (Å²) in [5.74, 6) is 0. The summed E-state index contributed by atoms with van der Waals surface area (Å²) in [6.45, 7) is 6.51. The maximum atomic E-state index is 4.39. The Morgan fingerprint density at radius 1 is 0.938 bits per heavy atom. The molecular weight excluding hydrogens is 194 g/mol. The van der Waals surface area contributed by atoms with Gasteiger partial charge in [0.05, 0.1) is 0 Å². The lowest BCUT2D eigenvalue weighted by atomic mass is 9.98. The van der Waals surface area contributed by atoms with Gasteiger partial charge in [-0.1, -0.05) is 12.1 Å². The van der Waals surface area contributed by atoms with Crippen molar-refractivity contribution in [1.29, 1.82) is 0 Å². The van der Waals surface area contributed by atoms with Gasteiger partial charge in [-0.05, 0) is 60.2 Å². The van der Waals surface area contributed by atoms with E-state index in [0.717, 1.165) is 6.42 Å². The van der Waals surface area contributed by atoms with Crippen LogP contribution in [0.15, 0.2) is 24.4 Å². The summed E-state index contributed by atoms with van der Waals surface area (Å²) in [5.41, 5.74) is 9.68. The molecule has 1 heteroatoms. The Balaban J connectivity index is 2.32. The molecule has 0 fully saturated rings. The van der Waals surface area contributed by atoms with Crippen molar-refractivity contribution in [2.24, 2.45) is 0 Å². The highest BCUT2D eigenvalue weighted by atomic mass is 14.7. The van der Waals surface area contributed by atoms with Crippen molar-refractivity contribution >= 4 is 0 Å². The first-order valence-electron chi connectivity index (χ1n) is 5.72. The summed E-state index contributed by atoms with van der Waals surface area (Å²) in [5, 5.41) is 0. The summed E-state index contributed by atoms with van der Waals surface area (Å²) in [6, 6.07) is 6.62. The zero-order valence-electron chi connectivity index (χ0n) is 9.96. The molecule has 0 N–H and O–H groups in total. The van der Waals surface area contributed by atoms with Crippen LogP contribution in [0.4, 0.5) is 0 Å². The lowest BCUT2D eigenvalue weighted by Gasteiger charge is -2.06.